The maximum atomic E-state index is 5.88. The van der Waals surface area contributed by atoms with E-state index in [1.165, 1.54) is 5.57 Å². The second-order valence-electron chi connectivity index (χ2n) is 3.20. The Morgan fingerprint density at radius 3 is 2.83 bits per heavy atom. The summed E-state index contributed by atoms with van der Waals surface area (Å²) in [6, 6.07) is 0.107. The van der Waals surface area contributed by atoms with E-state index in [4.69, 9.17) is 5.73 Å². The largest absolute Gasteiger partial charge is 0.327 e. The zero-order valence-corrected chi connectivity index (χ0v) is 6.70. The minimum atomic E-state index is 0.107. The topological polar surface area (TPSA) is 80.5 Å². The quantitative estimate of drug-likeness (QED) is 0.572. The molecule has 0 aromatic carbocycles. The zero-order valence-electron chi connectivity index (χ0n) is 6.70. The molecule has 1 aromatic rings. The average molecular weight is 165 g/mol. The van der Waals surface area contributed by atoms with Crippen LogP contribution in [0.1, 0.15) is 24.6 Å². The third-order valence-corrected chi connectivity index (χ3v) is 2.24. The summed E-state index contributed by atoms with van der Waals surface area (Å²) in [6.45, 7) is 3.90. The van der Waals surface area contributed by atoms with Gasteiger partial charge in [-0.1, -0.05) is 17.4 Å². The number of rotatable bonds is 1. The van der Waals surface area contributed by atoms with E-state index in [1.54, 1.807) is 0 Å². The van der Waals surface area contributed by atoms with E-state index in [-0.39, 0.29) is 12.0 Å². The standard InChI is InChI=1S/C7H11N5/c1-4-2-5(6(8)3-4)7-9-11-12-10-7/h5-6H,1-3,8H2,(H,9,10,11,12)/t5-,6+/m1/s1. The van der Waals surface area contributed by atoms with Crippen molar-refractivity contribution in [3.63, 3.8) is 0 Å². The number of nitrogens with two attached hydrogens (primary N) is 1. The van der Waals surface area contributed by atoms with Gasteiger partial charge in [0.25, 0.3) is 0 Å². The van der Waals surface area contributed by atoms with Crippen LogP contribution in [0.2, 0.25) is 0 Å². The molecule has 0 bridgehead atoms. The molecule has 2 rings (SSSR count). The second kappa shape index (κ2) is 2.67. The van der Waals surface area contributed by atoms with Crippen LogP contribution in [-0.2, 0) is 0 Å². The van der Waals surface area contributed by atoms with Gasteiger partial charge < -0.3 is 5.73 Å². The fraction of sp³-hybridized carbons (Fsp3) is 0.571. The Labute approximate surface area is 70.0 Å². The molecule has 0 amide bonds. The van der Waals surface area contributed by atoms with Crippen molar-refractivity contribution in [3.05, 3.63) is 18.0 Å². The predicted octanol–water partition coefficient (Wildman–Crippen LogP) is -0.0394. The molecule has 0 spiro atoms. The maximum absolute atomic E-state index is 5.88. The van der Waals surface area contributed by atoms with Gasteiger partial charge in [-0.3, -0.25) is 0 Å². The normalized spacial score (nSPS) is 29.6. The van der Waals surface area contributed by atoms with Gasteiger partial charge in [0, 0.05) is 12.0 Å². The molecule has 64 valence electrons. The fourth-order valence-electron chi connectivity index (χ4n) is 1.63. The highest BCUT2D eigenvalue weighted by Crippen LogP contribution is 2.33. The minimum absolute atomic E-state index is 0.107. The first kappa shape index (κ1) is 7.42. The molecule has 1 heterocycles. The first-order chi connectivity index (χ1) is 5.77. The number of aromatic amines is 1. The lowest BCUT2D eigenvalue weighted by molar-refractivity contribution is 0.582. The van der Waals surface area contributed by atoms with Gasteiger partial charge >= 0.3 is 0 Å². The molecule has 5 nitrogen and oxygen atoms in total. The minimum Gasteiger partial charge on any atom is -0.327 e. The summed E-state index contributed by atoms with van der Waals surface area (Å²) in [5.74, 6) is 0.914. The summed E-state index contributed by atoms with van der Waals surface area (Å²) < 4.78 is 0. The highest BCUT2D eigenvalue weighted by atomic mass is 15.5. The molecule has 1 saturated carbocycles. The second-order valence-corrected chi connectivity index (χ2v) is 3.20. The number of aromatic nitrogens is 4. The van der Waals surface area contributed by atoms with Crippen molar-refractivity contribution < 1.29 is 0 Å². The third kappa shape index (κ3) is 1.12. The van der Waals surface area contributed by atoms with Crippen molar-refractivity contribution >= 4 is 0 Å². The molecule has 2 atom stereocenters. The van der Waals surface area contributed by atoms with Crippen LogP contribution in [0.15, 0.2) is 12.2 Å². The van der Waals surface area contributed by atoms with Gasteiger partial charge in [0.05, 0.1) is 0 Å². The van der Waals surface area contributed by atoms with E-state index in [0.717, 1.165) is 12.8 Å². The number of nitrogens with zero attached hydrogens (tertiary/aromatic N) is 3. The van der Waals surface area contributed by atoms with Crippen LogP contribution in [0.3, 0.4) is 0 Å². The molecule has 1 aliphatic rings. The summed E-state index contributed by atoms with van der Waals surface area (Å²) in [5, 5.41) is 13.8. The van der Waals surface area contributed by atoms with Gasteiger partial charge in [0.2, 0.25) is 0 Å². The molecule has 3 N–H and O–H groups in total. The summed E-state index contributed by atoms with van der Waals surface area (Å²) in [6.07, 6.45) is 1.76. The van der Waals surface area contributed by atoms with Gasteiger partial charge in [0.1, 0.15) is 0 Å². The molecule has 0 saturated heterocycles. The van der Waals surface area contributed by atoms with Crippen LogP contribution in [0.4, 0.5) is 0 Å². The molecule has 1 aliphatic carbocycles. The lowest BCUT2D eigenvalue weighted by Gasteiger charge is -2.08. The van der Waals surface area contributed by atoms with Crippen LogP contribution < -0.4 is 5.73 Å². The number of hydrogen-bond acceptors (Lipinski definition) is 4. The van der Waals surface area contributed by atoms with Crippen molar-refractivity contribution in [3.8, 4) is 0 Å². The van der Waals surface area contributed by atoms with Gasteiger partial charge in [-0.05, 0) is 12.8 Å². The molecular formula is C7H11N5. The number of nitrogens with one attached hydrogen (secondary N) is 1. The van der Waals surface area contributed by atoms with Crippen molar-refractivity contribution in [2.45, 2.75) is 24.8 Å². The monoisotopic (exact) mass is 165 g/mol. The Hall–Kier alpha value is -1.23. The summed E-state index contributed by atoms with van der Waals surface area (Å²) >= 11 is 0. The number of H-pyrrole nitrogens is 1. The highest BCUT2D eigenvalue weighted by molar-refractivity contribution is 5.16. The summed E-state index contributed by atoms with van der Waals surface area (Å²) in [7, 11) is 0. The van der Waals surface area contributed by atoms with E-state index < -0.39 is 0 Å². The first-order valence-corrected chi connectivity index (χ1v) is 3.93. The average Bonchev–Trinajstić information content (AvgIpc) is 2.58. The molecule has 0 aliphatic heterocycles. The van der Waals surface area contributed by atoms with Crippen molar-refractivity contribution in [2.24, 2.45) is 5.73 Å². The molecular weight excluding hydrogens is 154 g/mol. The maximum Gasteiger partial charge on any atom is 0.179 e. The number of hydrogen-bond donors (Lipinski definition) is 2. The molecule has 5 heteroatoms. The van der Waals surface area contributed by atoms with Crippen molar-refractivity contribution in [2.75, 3.05) is 0 Å². The Bertz CT molecular complexity index is 278. The Morgan fingerprint density at radius 2 is 2.33 bits per heavy atom. The Kier molecular flexibility index (Phi) is 1.65. The van der Waals surface area contributed by atoms with E-state index in [2.05, 4.69) is 27.2 Å². The van der Waals surface area contributed by atoms with Crippen LogP contribution >= 0.6 is 0 Å². The van der Waals surface area contributed by atoms with Gasteiger partial charge in [0.15, 0.2) is 5.82 Å². The molecule has 0 radical (unpaired) electrons. The van der Waals surface area contributed by atoms with Gasteiger partial charge in [-0.15, -0.1) is 10.2 Å². The molecule has 0 unspecified atom stereocenters. The van der Waals surface area contributed by atoms with Crippen LogP contribution in [0.5, 0.6) is 0 Å². The Balaban J connectivity index is 2.20. The van der Waals surface area contributed by atoms with E-state index >= 15 is 0 Å². The lowest BCUT2D eigenvalue weighted by atomic mass is 10.0. The number of tetrazole rings is 1. The molecule has 12 heavy (non-hydrogen) atoms. The zero-order chi connectivity index (χ0) is 8.55. The smallest absolute Gasteiger partial charge is 0.179 e. The molecule has 1 fully saturated rings. The van der Waals surface area contributed by atoms with Crippen molar-refractivity contribution in [1.29, 1.82) is 0 Å². The van der Waals surface area contributed by atoms with E-state index in [1.807, 2.05) is 0 Å². The SMILES string of the molecule is C=C1C[C@H](N)[C@H](c2nn[nH]n2)C1. The van der Waals surface area contributed by atoms with Gasteiger partial charge in [-0.25, -0.2) is 0 Å². The van der Waals surface area contributed by atoms with Crippen LogP contribution in [0.25, 0.3) is 0 Å². The van der Waals surface area contributed by atoms with Gasteiger partial charge in [-0.2, -0.15) is 5.21 Å². The molecule has 1 aromatic heterocycles. The van der Waals surface area contributed by atoms with Crippen LogP contribution in [-0.4, -0.2) is 26.7 Å². The third-order valence-electron chi connectivity index (χ3n) is 2.24. The van der Waals surface area contributed by atoms with Crippen LogP contribution in [0, 0.1) is 0 Å². The predicted molar refractivity (Wildman–Crippen MR) is 43.3 cm³/mol. The van der Waals surface area contributed by atoms with E-state index in [0.29, 0.717) is 5.82 Å². The first-order valence-electron chi connectivity index (χ1n) is 3.93. The lowest BCUT2D eigenvalue weighted by Crippen LogP contribution is -2.23. The van der Waals surface area contributed by atoms with Crippen molar-refractivity contribution in [1.82, 2.24) is 20.6 Å². The summed E-state index contributed by atoms with van der Waals surface area (Å²) in [4.78, 5) is 0. The highest BCUT2D eigenvalue weighted by Gasteiger charge is 2.30. The Morgan fingerprint density at radius 1 is 1.50 bits per heavy atom. The fourth-order valence-corrected chi connectivity index (χ4v) is 1.63. The summed E-state index contributed by atoms with van der Waals surface area (Å²) in [5.41, 5.74) is 7.06. The van der Waals surface area contributed by atoms with E-state index in [9.17, 15) is 0 Å².